The van der Waals surface area contributed by atoms with Crippen LogP contribution in [-0.2, 0) is 15.7 Å². The minimum atomic E-state index is -4.35. The number of hydrogen-bond donors (Lipinski definition) is 2. The van der Waals surface area contributed by atoms with Crippen LogP contribution >= 0.6 is 0 Å². The summed E-state index contributed by atoms with van der Waals surface area (Å²) in [6.07, 6.45) is -2.72. The molecule has 1 amide bonds. The lowest BCUT2D eigenvalue weighted by atomic mass is 9.96. The molecule has 0 aromatic heterocycles. The molecule has 2 heterocycles. The van der Waals surface area contributed by atoms with Crippen molar-refractivity contribution in [2.45, 2.75) is 25.1 Å². The summed E-state index contributed by atoms with van der Waals surface area (Å²) in [5, 5.41) is 6.26. The summed E-state index contributed by atoms with van der Waals surface area (Å²) < 4.78 is 43.9. The zero-order valence-corrected chi connectivity index (χ0v) is 15.2. The number of nitrogens with one attached hydrogen (secondary N) is 2. The number of amides is 1. The van der Waals surface area contributed by atoms with Crippen molar-refractivity contribution in [1.82, 2.24) is 15.5 Å². The van der Waals surface area contributed by atoms with Crippen molar-refractivity contribution >= 4 is 5.91 Å². The van der Waals surface area contributed by atoms with Gasteiger partial charge in [-0.15, -0.1) is 0 Å². The number of rotatable bonds is 5. The Morgan fingerprint density at radius 2 is 1.81 bits per heavy atom. The third-order valence-corrected chi connectivity index (χ3v) is 5.29. The zero-order valence-electron chi connectivity index (χ0n) is 15.2. The fourth-order valence-corrected chi connectivity index (χ4v) is 3.67. The Morgan fingerprint density at radius 1 is 1.19 bits per heavy atom. The number of carbonyl (C=O) groups is 1. The second-order valence-electron chi connectivity index (χ2n) is 7.05. The van der Waals surface area contributed by atoms with E-state index in [1.165, 1.54) is 12.1 Å². The van der Waals surface area contributed by atoms with Gasteiger partial charge in [0.2, 0.25) is 5.91 Å². The van der Waals surface area contributed by atoms with Gasteiger partial charge in [0, 0.05) is 25.6 Å². The smallest absolute Gasteiger partial charge is 0.379 e. The number of nitrogens with zero attached hydrogens (tertiary/aromatic N) is 1. The number of morpholine rings is 1. The van der Waals surface area contributed by atoms with Crippen molar-refractivity contribution in [2.24, 2.45) is 5.92 Å². The van der Waals surface area contributed by atoms with Gasteiger partial charge in [-0.2, -0.15) is 13.2 Å². The number of hydrogen-bond acceptors (Lipinski definition) is 4. The molecule has 1 aromatic carbocycles. The van der Waals surface area contributed by atoms with Crippen molar-refractivity contribution in [3.63, 3.8) is 0 Å². The number of halogens is 3. The van der Waals surface area contributed by atoms with Crippen LogP contribution in [0.4, 0.5) is 13.2 Å². The molecule has 2 aliphatic rings. The van der Waals surface area contributed by atoms with Gasteiger partial charge in [0.15, 0.2) is 0 Å². The Bertz CT molecular complexity index is 610. The van der Waals surface area contributed by atoms with Gasteiger partial charge in [0.25, 0.3) is 0 Å². The molecular weight excluding hydrogens is 359 g/mol. The van der Waals surface area contributed by atoms with E-state index in [2.05, 4.69) is 15.5 Å². The summed E-state index contributed by atoms with van der Waals surface area (Å²) >= 11 is 0. The van der Waals surface area contributed by atoms with Crippen molar-refractivity contribution in [1.29, 1.82) is 0 Å². The summed E-state index contributed by atoms with van der Waals surface area (Å²) in [6.45, 7) is 4.60. The Labute approximate surface area is 157 Å². The molecule has 0 aliphatic carbocycles. The van der Waals surface area contributed by atoms with Crippen LogP contribution in [0.15, 0.2) is 24.3 Å². The van der Waals surface area contributed by atoms with Crippen LogP contribution in [-0.4, -0.2) is 56.7 Å². The first-order valence-corrected chi connectivity index (χ1v) is 9.42. The third-order valence-electron chi connectivity index (χ3n) is 5.29. The van der Waals surface area contributed by atoms with E-state index in [1.54, 1.807) is 0 Å². The summed E-state index contributed by atoms with van der Waals surface area (Å²) in [4.78, 5) is 14.6. The monoisotopic (exact) mass is 385 g/mol. The molecule has 0 bridgehead atoms. The zero-order chi connectivity index (χ0) is 19.3. The molecule has 1 unspecified atom stereocenters. The fraction of sp³-hybridized carbons (Fsp3) is 0.632. The minimum absolute atomic E-state index is 0.00388. The molecule has 8 heteroatoms. The van der Waals surface area contributed by atoms with E-state index >= 15 is 0 Å². The van der Waals surface area contributed by atoms with Gasteiger partial charge in [-0.3, -0.25) is 9.69 Å². The molecule has 1 atom stereocenters. The van der Waals surface area contributed by atoms with Gasteiger partial charge in [0.05, 0.1) is 24.8 Å². The van der Waals surface area contributed by atoms with Crippen LogP contribution in [0.25, 0.3) is 0 Å². The van der Waals surface area contributed by atoms with Gasteiger partial charge >= 0.3 is 6.18 Å². The van der Waals surface area contributed by atoms with Crippen LogP contribution in [0.1, 0.15) is 30.0 Å². The van der Waals surface area contributed by atoms with E-state index in [1.807, 2.05) is 0 Å². The number of benzene rings is 1. The van der Waals surface area contributed by atoms with Gasteiger partial charge < -0.3 is 15.4 Å². The largest absolute Gasteiger partial charge is 0.416 e. The normalized spacial score (nSPS) is 21.0. The highest BCUT2D eigenvalue weighted by Crippen LogP contribution is 2.31. The van der Waals surface area contributed by atoms with E-state index in [0.29, 0.717) is 32.8 Å². The first-order chi connectivity index (χ1) is 12.9. The maximum absolute atomic E-state index is 12.8. The average Bonchev–Trinajstić information content (AvgIpc) is 2.69. The summed E-state index contributed by atoms with van der Waals surface area (Å²) in [7, 11) is 0. The molecule has 27 heavy (non-hydrogen) atoms. The fourth-order valence-electron chi connectivity index (χ4n) is 3.67. The lowest BCUT2D eigenvalue weighted by molar-refractivity contribution is -0.137. The topological polar surface area (TPSA) is 53.6 Å². The number of carbonyl (C=O) groups excluding carboxylic acids is 1. The molecule has 2 saturated heterocycles. The predicted octanol–water partition coefficient (Wildman–Crippen LogP) is 2.19. The molecule has 2 aliphatic heterocycles. The average molecular weight is 385 g/mol. The molecule has 3 rings (SSSR count). The summed E-state index contributed by atoms with van der Waals surface area (Å²) in [6, 6.07) is 5.08. The van der Waals surface area contributed by atoms with Gasteiger partial charge in [0.1, 0.15) is 0 Å². The van der Waals surface area contributed by atoms with Gasteiger partial charge in [-0.1, -0.05) is 12.1 Å². The molecule has 5 nitrogen and oxygen atoms in total. The van der Waals surface area contributed by atoms with E-state index in [4.69, 9.17) is 4.74 Å². The minimum Gasteiger partial charge on any atom is -0.379 e. The quantitative estimate of drug-likeness (QED) is 0.816. The van der Waals surface area contributed by atoms with Crippen molar-refractivity contribution < 1.29 is 22.7 Å². The number of ether oxygens (including phenoxy) is 1. The maximum atomic E-state index is 12.8. The van der Waals surface area contributed by atoms with E-state index in [9.17, 15) is 18.0 Å². The van der Waals surface area contributed by atoms with Crippen LogP contribution in [0.5, 0.6) is 0 Å². The van der Waals surface area contributed by atoms with E-state index in [-0.39, 0.29) is 17.9 Å². The third kappa shape index (κ3) is 5.43. The highest BCUT2D eigenvalue weighted by molar-refractivity contribution is 5.78. The first kappa shape index (κ1) is 20.1. The molecule has 1 aromatic rings. The van der Waals surface area contributed by atoms with Crippen molar-refractivity contribution in [3.05, 3.63) is 35.4 Å². The molecule has 0 radical (unpaired) electrons. The first-order valence-electron chi connectivity index (χ1n) is 9.42. The molecular formula is C19H26F3N3O2. The second kappa shape index (κ2) is 9.03. The SMILES string of the molecule is O=C(NCC(c1ccc(C(F)(F)F)cc1)N1CCOCC1)C1CCNCC1. The molecule has 0 saturated carbocycles. The summed E-state index contributed by atoms with van der Waals surface area (Å²) in [5.41, 5.74) is 0.112. The highest BCUT2D eigenvalue weighted by Gasteiger charge is 2.31. The lowest BCUT2D eigenvalue weighted by Gasteiger charge is -2.35. The highest BCUT2D eigenvalue weighted by atomic mass is 19.4. The lowest BCUT2D eigenvalue weighted by Crippen LogP contribution is -2.45. The summed E-state index contributed by atoms with van der Waals surface area (Å²) in [5.74, 6) is 0.0332. The van der Waals surface area contributed by atoms with Crippen LogP contribution in [0, 0.1) is 5.92 Å². The predicted molar refractivity (Wildman–Crippen MR) is 95.2 cm³/mol. The molecule has 2 fully saturated rings. The molecule has 150 valence electrons. The molecule has 2 N–H and O–H groups in total. The van der Waals surface area contributed by atoms with Crippen LogP contribution < -0.4 is 10.6 Å². The second-order valence-corrected chi connectivity index (χ2v) is 7.05. The Morgan fingerprint density at radius 3 is 2.41 bits per heavy atom. The number of alkyl halides is 3. The van der Waals surface area contributed by atoms with Crippen molar-refractivity contribution in [2.75, 3.05) is 45.9 Å². The van der Waals surface area contributed by atoms with Gasteiger partial charge in [-0.25, -0.2) is 0 Å². The van der Waals surface area contributed by atoms with Crippen LogP contribution in [0.2, 0.25) is 0 Å². The molecule has 0 spiro atoms. The standard InChI is InChI=1S/C19H26F3N3O2/c20-19(21,22)16-3-1-14(2-4-16)17(25-9-11-27-12-10-25)13-24-18(26)15-5-7-23-8-6-15/h1-4,15,17,23H,5-13H2,(H,24,26). The van der Waals surface area contributed by atoms with Gasteiger partial charge in [-0.05, 0) is 43.6 Å². The van der Waals surface area contributed by atoms with E-state index < -0.39 is 11.7 Å². The Balaban J connectivity index is 1.69. The Kier molecular flexibility index (Phi) is 6.73. The number of piperidine rings is 1. The van der Waals surface area contributed by atoms with E-state index in [0.717, 1.165) is 43.6 Å². The van der Waals surface area contributed by atoms with Crippen molar-refractivity contribution in [3.8, 4) is 0 Å². The Hall–Kier alpha value is -1.64. The van der Waals surface area contributed by atoms with Crippen LogP contribution in [0.3, 0.4) is 0 Å². The maximum Gasteiger partial charge on any atom is 0.416 e.